The smallest absolute Gasteiger partial charge is 0.251 e. The van der Waals surface area contributed by atoms with Gasteiger partial charge in [-0.15, -0.1) is 0 Å². The molecule has 5 nitrogen and oxygen atoms in total. The molecule has 1 atom stereocenters. The summed E-state index contributed by atoms with van der Waals surface area (Å²) >= 11 is 5.85. The van der Waals surface area contributed by atoms with Gasteiger partial charge in [-0.3, -0.25) is 14.5 Å². The molecule has 1 unspecified atom stereocenters. The van der Waals surface area contributed by atoms with Gasteiger partial charge in [-0.1, -0.05) is 25.4 Å². The molecule has 1 rings (SSSR count). The summed E-state index contributed by atoms with van der Waals surface area (Å²) in [4.78, 5) is 27.3. The van der Waals surface area contributed by atoms with Crippen LogP contribution in [0.2, 0.25) is 5.02 Å². The van der Waals surface area contributed by atoms with Crippen molar-refractivity contribution in [3.05, 3.63) is 34.9 Å². The molecule has 0 bridgehead atoms. The maximum atomic E-state index is 12.6. The third kappa shape index (κ3) is 6.96. The van der Waals surface area contributed by atoms with Gasteiger partial charge >= 0.3 is 0 Å². The molecular weight excluding hydrogens is 350 g/mol. The second-order valence-corrected chi connectivity index (χ2v) is 7.85. The Hall–Kier alpha value is -1.59. The number of nitrogens with zero attached hydrogens (tertiary/aromatic N) is 1. The third-order valence-corrected chi connectivity index (χ3v) is 4.59. The predicted octanol–water partition coefficient (Wildman–Crippen LogP) is 3.33. The Morgan fingerprint density at radius 1 is 1.00 bits per heavy atom. The van der Waals surface area contributed by atoms with Gasteiger partial charge in [0.25, 0.3) is 5.91 Å². The Balaban J connectivity index is 2.64. The number of halogens is 1. The average molecular weight is 382 g/mol. The SMILES string of the molecule is CC(C)C(NC(=O)c1ccc(Cl)cc1)C(=O)NCCN(C(C)C)C(C)C. The molecule has 1 aromatic rings. The molecular formula is C20H32ClN3O2. The lowest BCUT2D eigenvalue weighted by Gasteiger charge is -2.31. The van der Waals surface area contributed by atoms with E-state index in [1.54, 1.807) is 24.3 Å². The van der Waals surface area contributed by atoms with E-state index >= 15 is 0 Å². The van der Waals surface area contributed by atoms with E-state index in [0.29, 0.717) is 29.2 Å². The van der Waals surface area contributed by atoms with Crippen LogP contribution < -0.4 is 10.6 Å². The number of hydrogen-bond donors (Lipinski definition) is 2. The number of nitrogens with one attached hydrogen (secondary N) is 2. The Labute approximate surface area is 162 Å². The van der Waals surface area contributed by atoms with Gasteiger partial charge in [0.15, 0.2) is 0 Å². The molecule has 0 heterocycles. The van der Waals surface area contributed by atoms with E-state index < -0.39 is 6.04 Å². The Kier molecular flexibility index (Phi) is 9.09. The largest absolute Gasteiger partial charge is 0.353 e. The molecule has 146 valence electrons. The second-order valence-electron chi connectivity index (χ2n) is 7.42. The fraction of sp³-hybridized carbons (Fsp3) is 0.600. The Morgan fingerprint density at radius 2 is 1.54 bits per heavy atom. The first-order valence-electron chi connectivity index (χ1n) is 9.23. The van der Waals surface area contributed by atoms with Gasteiger partial charge in [0.1, 0.15) is 6.04 Å². The molecule has 0 fully saturated rings. The minimum Gasteiger partial charge on any atom is -0.353 e. The third-order valence-electron chi connectivity index (χ3n) is 4.34. The highest BCUT2D eigenvalue weighted by Gasteiger charge is 2.24. The molecule has 0 radical (unpaired) electrons. The van der Waals surface area contributed by atoms with Gasteiger partial charge in [0.2, 0.25) is 5.91 Å². The van der Waals surface area contributed by atoms with Crippen molar-refractivity contribution >= 4 is 23.4 Å². The summed E-state index contributed by atoms with van der Waals surface area (Å²) < 4.78 is 0. The van der Waals surface area contributed by atoms with E-state index in [-0.39, 0.29) is 17.7 Å². The zero-order valence-corrected chi connectivity index (χ0v) is 17.4. The van der Waals surface area contributed by atoms with Crippen LogP contribution in [-0.2, 0) is 4.79 Å². The normalized spacial score (nSPS) is 12.7. The fourth-order valence-electron chi connectivity index (χ4n) is 2.89. The van der Waals surface area contributed by atoms with Crippen LogP contribution in [0.1, 0.15) is 51.9 Å². The summed E-state index contributed by atoms with van der Waals surface area (Å²) in [6, 6.07) is 6.87. The topological polar surface area (TPSA) is 61.4 Å². The minimum absolute atomic E-state index is 0.0162. The molecule has 0 aliphatic carbocycles. The van der Waals surface area contributed by atoms with Crippen molar-refractivity contribution in [2.24, 2.45) is 5.92 Å². The summed E-state index contributed by atoms with van der Waals surface area (Å²) in [6.45, 7) is 13.7. The number of rotatable bonds is 9. The van der Waals surface area contributed by atoms with Crippen molar-refractivity contribution in [3.63, 3.8) is 0 Å². The van der Waals surface area contributed by atoms with Crippen LogP contribution in [0, 0.1) is 5.92 Å². The number of carbonyl (C=O) groups excluding carboxylic acids is 2. The highest BCUT2D eigenvalue weighted by molar-refractivity contribution is 6.30. The maximum Gasteiger partial charge on any atom is 0.251 e. The summed E-state index contributed by atoms with van der Waals surface area (Å²) in [7, 11) is 0. The first-order chi connectivity index (χ1) is 12.1. The molecule has 0 saturated carbocycles. The van der Waals surface area contributed by atoms with E-state index in [0.717, 1.165) is 6.54 Å². The molecule has 0 aliphatic heterocycles. The van der Waals surface area contributed by atoms with E-state index in [9.17, 15) is 9.59 Å². The van der Waals surface area contributed by atoms with Gasteiger partial charge in [-0.05, 0) is 57.9 Å². The van der Waals surface area contributed by atoms with E-state index in [2.05, 4.69) is 43.2 Å². The summed E-state index contributed by atoms with van der Waals surface area (Å²) in [5, 5.41) is 6.35. The molecule has 0 spiro atoms. The number of hydrogen-bond acceptors (Lipinski definition) is 3. The van der Waals surface area contributed by atoms with Crippen LogP contribution in [0.4, 0.5) is 0 Å². The second kappa shape index (κ2) is 10.5. The molecule has 0 saturated heterocycles. The number of amides is 2. The van der Waals surface area contributed by atoms with Gasteiger partial charge in [-0.2, -0.15) is 0 Å². The lowest BCUT2D eigenvalue weighted by atomic mass is 10.0. The minimum atomic E-state index is -0.579. The highest BCUT2D eigenvalue weighted by Crippen LogP contribution is 2.11. The molecule has 26 heavy (non-hydrogen) atoms. The molecule has 1 aromatic carbocycles. The predicted molar refractivity (Wildman–Crippen MR) is 108 cm³/mol. The first kappa shape index (κ1) is 22.5. The highest BCUT2D eigenvalue weighted by atomic mass is 35.5. The van der Waals surface area contributed by atoms with Crippen LogP contribution >= 0.6 is 11.6 Å². The van der Waals surface area contributed by atoms with Crippen molar-refractivity contribution in [2.75, 3.05) is 13.1 Å². The molecule has 2 amide bonds. The van der Waals surface area contributed by atoms with Gasteiger partial charge in [0.05, 0.1) is 0 Å². The van der Waals surface area contributed by atoms with Crippen LogP contribution in [-0.4, -0.2) is 47.9 Å². The summed E-state index contributed by atoms with van der Waals surface area (Å²) in [5.41, 5.74) is 0.485. The van der Waals surface area contributed by atoms with Crippen LogP contribution in [0.3, 0.4) is 0 Å². The van der Waals surface area contributed by atoms with Crippen LogP contribution in [0.15, 0.2) is 24.3 Å². The van der Waals surface area contributed by atoms with Crippen molar-refractivity contribution < 1.29 is 9.59 Å². The summed E-state index contributed by atoms with van der Waals surface area (Å²) in [6.07, 6.45) is 0. The monoisotopic (exact) mass is 381 g/mol. The molecule has 0 aromatic heterocycles. The number of benzene rings is 1. The lowest BCUT2D eigenvalue weighted by molar-refractivity contribution is -0.124. The lowest BCUT2D eigenvalue weighted by Crippen LogP contribution is -2.51. The van der Waals surface area contributed by atoms with Crippen LogP contribution in [0.25, 0.3) is 0 Å². The average Bonchev–Trinajstić information content (AvgIpc) is 2.55. The molecule has 6 heteroatoms. The van der Waals surface area contributed by atoms with E-state index in [4.69, 9.17) is 11.6 Å². The fourth-order valence-corrected chi connectivity index (χ4v) is 3.02. The maximum absolute atomic E-state index is 12.6. The van der Waals surface area contributed by atoms with Crippen molar-refractivity contribution in [2.45, 2.75) is 59.7 Å². The van der Waals surface area contributed by atoms with Gasteiger partial charge < -0.3 is 10.6 Å². The molecule has 2 N–H and O–H groups in total. The van der Waals surface area contributed by atoms with Crippen molar-refractivity contribution in [1.29, 1.82) is 0 Å². The van der Waals surface area contributed by atoms with E-state index in [1.165, 1.54) is 0 Å². The molecule has 0 aliphatic rings. The Bertz CT molecular complexity index is 577. The zero-order chi connectivity index (χ0) is 19.9. The quantitative estimate of drug-likeness (QED) is 0.689. The van der Waals surface area contributed by atoms with Crippen molar-refractivity contribution in [3.8, 4) is 0 Å². The Morgan fingerprint density at radius 3 is 2.00 bits per heavy atom. The summed E-state index contributed by atoms with van der Waals surface area (Å²) in [5.74, 6) is -0.450. The van der Waals surface area contributed by atoms with E-state index in [1.807, 2.05) is 13.8 Å². The van der Waals surface area contributed by atoms with Gasteiger partial charge in [0, 0.05) is 35.8 Å². The number of carbonyl (C=O) groups is 2. The van der Waals surface area contributed by atoms with Crippen LogP contribution in [0.5, 0.6) is 0 Å². The first-order valence-corrected chi connectivity index (χ1v) is 9.61. The standard InChI is InChI=1S/C20H32ClN3O2/c1-13(2)18(23-19(25)16-7-9-17(21)10-8-16)20(26)22-11-12-24(14(3)4)15(5)6/h7-10,13-15,18H,11-12H2,1-6H3,(H,22,26)(H,23,25). The van der Waals surface area contributed by atoms with Crippen molar-refractivity contribution in [1.82, 2.24) is 15.5 Å². The van der Waals surface area contributed by atoms with Gasteiger partial charge in [-0.25, -0.2) is 0 Å². The zero-order valence-electron chi connectivity index (χ0n) is 16.7.